The molecule has 0 bridgehead atoms. The third-order valence-electron chi connectivity index (χ3n) is 3.35. The second kappa shape index (κ2) is 7.04. The lowest BCUT2D eigenvalue weighted by Crippen LogP contribution is -2.30. The molecule has 1 heterocycles. The molecule has 0 saturated heterocycles. The molecule has 0 fully saturated rings. The van der Waals surface area contributed by atoms with Crippen molar-refractivity contribution in [2.24, 2.45) is 0 Å². The maximum absolute atomic E-state index is 11.8. The van der Waals surface area contributed by atoms with Gasteiger partial charge in [-0.15, -0.1) is 0 Å². The van der Waals surface area contributed by atoms with Crippen LogP contribution in [0, 0.1) is 6.92 Å². The van der Waals surface area contributed by atoms with E-state index in [9.17, 15) is 4.79 Å². The quantitative estimate of drug-likeness (QED) is 0.857. The highest BCUT2D eigenvalue weighted by atomic mass is 16.5. The van der Waals surface area contributed by atoms with Crippen molar-refractivity contribution < 1.29 is 9.32 Å². The van der Waals surface area contributed by atoms with E-state index in [2.05, 4.69) is 47.0 Å². The summed E-state index contributed by atoms with van der Waals surface area (Å²) in [5, 5.41) is 9.60. The van der Waals surface area contributed by atoms with E-state index >= 15 is 0 Å². The Bertz CT molecular complexity index is 590. The van der Waals surface area contributed by atoms with E-state index in [0.29, 0.717) is 11.6 Å². The summed E-state index contributed by atoms with van der Waals surface area (Å²) in [5.41, 5.74) is 2.47. The first-order chi connectivity index (χ1) is 10.1. The van der Waals surface area contributed by atoms with Crippen molar-refractivity contribution in [2.45, 2.75) is 33.2 Å². The molecule has 1 amide bonds. The van der Waals surface area contributed by atoms with Crippen LogP contribution in [0.1, 0.15) is 36.8 Å². The highest BCUT2D eigenvalue weighted by molar-refractivity contribution is 5.91. The lowest BCUT2D eigenvalue weighted by molar-refractivity contribution is -0.115. The number of carbonyl (C=O) groups is 1. The molecule has 0 spiro atoms. The molecule has 21 heavy (non-hydrogen) atoms. The topological polar surface area (TPSA) is 67.2 Å². The standard InChI is InChI=1S/C16H21N3O2/c1-4-13-5-7-14(8-6-13)12(3)17-10-16(20)18-15-9-11(2)21-19-15/h5-9,12,17H,4,10H2,1-3H3,(H,18,19,20). The number of nitrogens with one attached hydrogen (secondary N) is 2. The predicted octanol–water partition coefficient (Wildman–Crippen LogP) is 2.83. The molecule has 5 heteroatoms. The van der Waals surface area contributed by atoms with Crippen molar-refractivity contribution in [3.05, 3.63) is 47.2 Å². The normalized spacial score (nSPS) is 12.1. The van der Waals surface area contributed by atoms with E-state index < -0.39 is 0 Å². The first-order valence-electron chi connectivity index (χ1n) is 7.14. The summed E-state index contributed by atoms with van der Waals surface area (Å²) < 4.78 is 4.90. The molecule has 1 atom stereocenters. The molecular weight excluding hydrogens is 266 g/mol. The minimum Gasteiger partial charge on any atom is -0.360 e. The molecule has 5 nitrogen and oxygen atoms in total. The van der Waals surface area contributed by atoms with Crippen molar-refractivity contribution in [1.29, 1.82) is 0 Å². The number of aromatic nitrogens is 1. The van der Waals surface area contributed by atoms with Crippen molar-refractivity contribution in [3.8, 4) is 0 Å². The summed E-state index contributed by atoms with van der Waals surface area (Å²) in [4.78, 5) is 11.8. The monoisotopic (exact) mass is 287 g/mol. The van der Waals surface area contributed by atoms with Crippen molar-refractivity contribution in [2.75, 3.05) is 11.9 Å². The van der Waals surface area contributed by atoms with Gasteiger partial charge in [0, 0.05) is 12.1 Å². The number of rotatable bonds is 6. The van der Waals surface area contributed by atoms with Crippen LogP contribution in [0.2, 0.25) is 0 Å². The average Bonchev–Trinajstić information content (AvgIpc) is 2.90. The van der Waals surface area contributed by atoms with Crippen LogP contribution in [0.15, 0.2) is 34.9 Å². The first kappa shape index (κ1) is 15.3. The van der Waals surface area contributed by atoms with Gasteiger partial charge in [-0.25, -0.2) is 0 Å². The number of benzene rings is 1. The van der Waals surface area contributed by atoms with E-state index in [1.807, 2.05) is 6.92 Å². The second-order valence-corrected chi connectivity index (χ2v) is 5.07. The van der Waals surface area contributed by atoms with Gasteiger partial charge in [-0.2, -0.15) is 0 Å². The fraction of sp³-hybridized carbons (Fsp3) is 0.375. The fourth-order valence-corrected chi connectivity index (χ4v) is 2.02. The Morgan fingerprint density at radius 2 is 2.05 bits per heavy atom. The Balaban J connectivity index is 1.82. The van der Waals surface area contributed by atoms with E-state index in [-0.39, 0.29) is 18.5 Å². The molecule has 0 aliphatic carbocycles. The summed E-state index contributed by atoms with van der Waals surface area (Å²) in [6, 6.07) is 10.2. The molecule has 2 rings (SSSR count). The van der Waals surface area contributed by atoms with Gasteiger partial charge < -0.3 is 15.2 Å². The summed E-state index contributed by atoms with van der Waals surface area (Å²) >= 11 is 0. The molecule has 1 aromatic carbocycles. The number of nitrogens with zero attached hydrogens (tertiary/aromatic N) is 1. The van der Waals surface area contributed by atoms with Crippen LogP contribution in [-0.4, -0.2) is 17.6 Å². The molecule has 1 aromatic heterocycles. The second-order valence-electron chi connectivity index (χ2n) is 5.07. The largest absolute Gasteiger partial charge is 0.360 e. The van der Waals surface area contributed by atoms with Crippen LogP contribution in [-0.2, 0) is 11.2 Å². The van der Waals surface area contributed by atoms with Crippen LogP contribution in [0.3, 0.4) is 0 Å². The van der Waals surface area contributed by atoms with Gasteiger partial charge in [0.2, 0.25) is 5.91 Å². The van der Waals surface area contributed by atoms with E-state index in [1.165, 1.54) is 5.56 Å². The number of aryl methyl sites for hydroxylation is 2. The number of anilines is 1. The first-order valence-corrected chi connectivity index (χ1v) is 7.14. The van der Waals surface area contributed by atoms with Gasteiger partial charge in [0.05, 0.1) is 6.54 Å². The Labute approximate surface area is 124 Å². The van der Waals surface area contributed by atoms with Crippen LogP contribution in [0.5, 0.6) is 0 Å². The van der Waals surface area contributed by atoms with Crippen LogP contribution >= 0.6 is 0 Å². The molecule has 0 radical (unpaired) electrons. The summed E-state index contributed by atoms with van der Waals surface area (Å²) in [5.74, 6) is 0.974. The third kappa shape index (κ3) is 4.43. The third-order valence-corrected chi connectivity index (χ3v) is 3.35. The van der Waals surface area contributed by atoms with Gasteiger partial charge in [-0.1, -0.05) is 36.3 Å². The number of amides is 1. The van der Waals surface area contributed by atoms with Gasteiger partial charge in [0.1, 0.15) is 5.76 Å². The summed E-state index contributed by atoms with van der Waals surface area (Å²) in [6.45, 7) is 6.17. The molecule has 0 saturated carbocycles. The lowest BCUT2D eigenvalue weighted by atomic mass is 10.1. The maximum Gasteiger partial charge on any atom is 0.239 e. The Hall–Kier alpha value is -2.14. The average molecular weight is 287 g/mol. The van der Waals surface area contributed by atoms with Gasteiger partial charge in [-0.3, -0.25) is 4.79 Å². The molecule has 0 aliphatic rings. The molecule has 0 aliphatic heterocycles. The van der Waals surface area contributed by atoms with Crippen molar-refractivity contribution in [1.82, 2.24) is 10.5 Å². The van der Waals surface area contributed by atoms with Crippen LogP contribution < -0.4 is 10.6 Å². The summed E-state index contributed by atoms with van der Waals surface area (Å²) in [6.07, 6.45) is 1.03. The van der Waals surface area contributed by atoms with Crippen LogP contribution in [0.25, 0.3) is 0 Å². The number of hydrogen-bond acceptors (Lipinski definition) is 4. The molecule has 112 valence electrons. The predicted molar refractivity (Wildman–Crippen MR) is 82.1 cm³/mol. The zero-order valence-electron chi connectivity index (χ0n) is 12.6. The van der Waals surface area contributed by atoms with Gasteiger partial charge in [-0.05, 0) is 31.4 Å². The van der Waals surface area contributed by atoms with Crippen molar-refractivity contribution in [3.63, 3.8) is 0 Å². The van der Waals surface area contributed by atoms with E-state index in [4.69, 9.17) is 4.52 Å². The summed E-state index contributed by atoms with van der Waals surface area (Å²) in [7, 11) is 0. The molecule has 1 unspecified atom stereocenters. The van der Waals surface area contributed by atoms with Gasteiger partial charge in [0.25, 0.3) is 0 Å². The highest BCUT2D eigenvalue weighted by Gasteiger charge is 2.09. The van der Waals surface area contributed by atoms with E-state index in [1.54, 1.807) is 13.0 Å². The smallest absolute Gasteiger partial charge is 0.239 e. The highest BCUT2D eigenvalue weighted by Crippen LogP contribution is 2.13. The van der Waals surface area contributed by atoms with Gasteiger partial charge in [0.15, 0.2) is 5.82 Å². The minimum absolute atomic E-state index is 0.112. The molecule has 2 N–H and O–H groups in total. The SMILES string of the molecule is CCc1ccc(C(C)NCC(=O)Nc2cc(C)on2)cc1. The Kier molecular flexibility index (Phi) is 5.11. The fourth-order valence-electron chi connectivity index (χ4n) is 2.02. The van der Waals surface area contributed by atoms with Crippen molar-refractivity contribution >= 4 is 11.7 Å². The Morgan fingerprint density at radius 3 is 2.62 bits per heavy atom. The lowest BCUT2D eigenvalue weighted by Gasteiger charge is -2.14. The van der Waals surface area contributed by atoms with Gasteiger partial charge >= 0.3 is 0 Å². The number of hydrogen-bond donors (Lipinski definition) is 2. The van der Waals surface area contributed by atoms with Crippen LogP contribution in [0.4, 0.5) is 5.82 Å². The maximum atomic E-state index is 11.8. The zero-order chi connectivity index (χ0) is 15.2. The molecule has 2 aromatic rings. The van der Waals surface area contributed by atoms with E-state index in [0.717, 1.165) is 12.0 Å². The molecular formula is C16H21N3O2. The minimum atomic E-state index is -0.139. The Morgan fingerprint density at radius 1 is 1.33 bits per heavy atom. The number of carbonyl (C=O) groups excluding carboxylic acids is 1. The zero-order valence-corrected chi connectivity index (χ0v) is 12.6.